The smallest absolute Gasteiger partial charge is 0.329 e. The highest BCUT2D eigenvalue weighted by molar-refractivity contribution is 8.14. The number of phenolic OH excluding ortho intramolecular Hbond substituents is 1. The monoisotopic (exact) mass is 423 g/mol. The molecule has 0 fully saturated rings. The van der Waals surface area contributed by atoms with Crippen molar-refractivity contribution in [3.63, 3.8) is 0 Å². The van der Waals surface area contributed by atoms with Crippen LogP contribution in [0.2, 0.25) is 0 Å². The summed E-state index contributed by atoms with van der Waals surface area (Å²) in [7, 11) is 0. The molecule has 6 nitrogen and oxygen atoms in total. The van der Waals surface area contributed by atoms with E-state index in [4.69, 9.17) is 4.74 Å². The predicted molar refractivity (Wildman–Crippen MR) is 104 cm³/mol. The van der Waals surface area contributed by atoms with Crippen LogP contribution >= 0.6 is 11.8 Å². The van der Waals surface area contributed by atoms with E-state index in [9.17, 15) is 28.3 Å². The molecule has 0 heterocycles. The number of nitrogens with one attached hydrogen (secondary N) is 1. The fourth-order valence-electron chi connectivity index (χ4n) is 2.54. The van der Waals surface area contributed by atoms with Crippen LogP contribution in [0, 0.1) is 11.6 Å². The van der Waals surface area contributed by atoms with Gasteiger partial charge in [-0.25, -0.2) is 13.6 Å². The third-order valence-electron chi connectivity index (χ3n) is 3.77. The van der Waals surface area contributed by atoms with E-state index in [2.05, 4.69) is 5.32 Å². The van der Waals surface area contributed by atoms with E-state index in [-0.39, 0.29) is 34.8 Å². The van der Waals surface area contributed by atoms with Gasteiger partial charge in [0.1, 0.15) is 23.4 Å². The number of rotatable bonds is 7. The van der Waals surface area contributed by atoms with Gasteiger partial charge in [-0.1, -0.05) is 11.8 Å². The van der Waals surface area contributed by atoms with Crippen LogP contribution in [-0.4, -0.2) is 40.5 Å². The van der Waals surface area contributed by atoms with Gasteiger partial charge in [-0.3, -0.25) is 9.59 Å². The van der Waals surface area contributed by atoms with Gasteiger partial charge in [0.15, 0.2) is 0 Å². The number of thioether (sulfide) groups is 1. The van der Waals surface area contributed by atoms with E-state index in [1.807, 2.05) is 0 Å². The van der Waals surface area contributed by atoms with Crippen molar-refractivity contribution in [3.8, 4) is 16.9 Å². The molecule has 154 valence electrons. The molecule has 0 bridgehead atoms. The molecule has 0 aliphatic carbocycles. The van der Waals surface area contributed by atoms with Gasteiger partial charge >= 0.3 is 5.97 Å². The van der Waals surface area contributed by atoms with E-state index < -0.39 is 34.7 Å². The highest BCUT2D eigenvalue weighted by Gasteiger charge is 2.24. The molecule has 2 aromatic rings. The van der Waals surface area contributed by atoms with Gasteiger partial charge in [-0.05, 0) is 42.8 Å². The first-order valence-corrected chi connectivity index (χ1v) is 9.60. The summed E-state index contributed by atoms with van der Waals surface area (Å²) in [5.41, 5.74) is 0.120. The van der Waals surface area contributed by atoms with Gasteiger partial charge in [0.2, 0.25) is 11.0 Å². The second-order valence-corrected chi connectivity index (χ2v) is 6.95. The summed E-state index contributed by atoms with van der Waals surface area (Å²) in [6.07, 6.45) is 0. The third kappa shape index (κ3) is 6.02. The van der Waals surface area contributed by atoms with Crippen LogP contribution in [0.5, 0.6) is 5.75 Å². The molecule has 1 amide bonds. The van der Waals surface area contributed by atoms with Crippen molar-refractivity contribution in [2.24, 2.45) is 0 Å². The Morgan fingerprint density at radius 3 is 2.45 bits per heavy atom. The van der Waals surface area contributed by atoms with Crippen molar-refractivity contribution in [1.29, 1.82) is 0 Å². The Kier molecular flexibility index (Phi) is 7.72. The number of amides is 1. The summed E-state index contributed by atoms with van der Waals surface area (Å²) in [4.78, 5) is 36.0. The Labute approximate surface area is 170 Å². The number of halogens is 2. The fourth-order valence-corrected chi connectivity index (χ4v) is 3.40. The van der Waals surface area contributed by atoms with E-state index in [0.29, 0.717) is 17.8 Å². The number of hydrogen-bond donors (Lipinski definition) is 2. The molecule has 0 spiro atoms. The number of hydrogen-bond acceptors (Lipinski definition) is 6. The maximum atomic E-state index is 14.2. The summed E-state index contributed by atoms with van der Waals surface area (Å²) >= 11 is 0.698. The van der Waals surface area contributed by atoms with Gasteiger partial charge in [0, 0.05) is 29.9 Å². The number of carbonyl (C=O) groups excluding carboxylic acids is 3. The van der Waals surface area contributed by atoms with Crippen molar-refractivity contribution < 1.29 is 33.0 Å². The highest BCUT2D eigenvalue weighted by atomic mass is 32.2. The first-order chi connectivity index (χ1) is 13.7. The zero-order valence-electron chi connectivity index (χ0n) is 15.7. The highest BCUT2D eigenvalue weighted by Crippen LogP contribution is 2.32. The number of carbonyl (C=O) groups is 3. The predicted octanol–water partition coefficient (Wildman–Crippen LogP) is 3.28. The maximum Gasteiger partial charge on any atom is 0.329 e. The quantitative estimate of drug-likeness (QED) is 0.664. The molecule has 2 aromatic carbocycles. The van der Waals surface area contributed by atoms with Crippen LogP contribution in [0.1, 0.15) is 24.2 Å². The van der Waals surface area contributed by atoms with Gasteiger partial charge in [0.05, 0.1) is 6.61 Å². The second kappa shape index (κ2) is 10.0. The zero-order valence-corrected chi connectivity index (χ0v) is 16.5. The van der Waals surface area contributed by atoms with Crippen LogP contribution in [0.25, 0.3) is 11.1 Å². The molecule has 1 atom stereocenters. The molecule has 0 unspecified atom stereocenters. The molecule has 0 saturated heterocycles. The number of ether oxygens (including phenoxy) is 1. The third-order valence-corrected chi connectivity index (χ3v) is 4.76. The SMILES string of the molecule is CCOC(=O)[C@H](CSC(=O)c1cc(O)ccc1-c1ccc(F)cc1F)NC(C)=O. The molecule has 0 aromatic heterocycles. The molecule has 29 heavy (non-hydrogen) atoms. The molecule has 0 saturated carbocycles. The minimum atomic E-state index is -1.05. The second-order valence-electron chi connectivity index (χ2n) is 5.96. The molecule has 0 aliphatic rings. The summed E-state index contributed by atoms with van der Waals surface area (Å²) in [5, 5.41) is 11.6. The summed E-state index contributed by atoms with van der Waals surface area (Å²) in [6.45, 7) is 2.94. The van der Waals surface area contributed by atoms with Crippen LogP contribution in [-0.2, 0) is 14.3 Å². The molecule has 2 rings (SSSR count). The molecular formula is C20H19F2NO5S. The minimum Gasteiger partial charge on any atom is -0.508 e. The minimum absolute atomic E-state index is 0.0147. The molecule has 0 aliphatic heterocycles. The average molecular weight is 423 g/mol. The van der Waals surface area contributed by atoms with Crippen molar-refractivity contribution in [3.05, 3.63) is 53.6 Å². The molecule has 9 heteroatoms. The van der Waals surface area contributed by atoms with Crippen LogP contribution in [0.15, 0.2) is 36.4 Å². The number of benzene rings is 2. The Balaban J connectivity index is 2.29. The number of aromatic hydroxyl groups is 1. The first kappa shape index (κ1) is 22.4. The molecule has 0 radical (unpaired) electrons. The van der Waals surface area contributed by atoms with E-state index in [0.717, 1.165) is 12.1 Å². The molecular weight excluding hydrogens is 404 g/mol. The maximum absolute atomic E-state index is 14.2. The lowest BCUT2D eigenvalue weighted by Gasteiger charge is -2.16. The van der Waals surface area contributed by atoms with E-state index in [1.165, 1.54) is 25.1 Å². The Morgan fingerprint density at radius 2 is 1.83 bits per heavy atom. The van der Waals surface area contributed by atoms with Crippen molar-refractivity contribution in [1.82, 2.24) is 5.32 Å². The normalized spacial score (nSPS) is 11.6. The first-order valence-electron chi connectivity index (χ1n) is 8.62. The summed E-state index contributed by atoms with van der Waals surface area (Å²) < 4.78 is 32.3. The standard InChI is InChI=1S/C20H19F2NO5S/c1-3-28-19(26)18(23-11(2)24)10-29-20(27)16-9-13(25)5-7-14(16)15-6-4-12(21)8-17(15)22/h4-9,18,25H,3,10H2,1-2H3,(H,23,24)/t18-/m0/s1. The van der Waals surface area contributed by atoms with Gasteiger partial charge in [0.25, 0.3) is 0 Å². The van der Waals surface area contributed by atoms with Gasteiger partial charge in [-0.2, -0.15) is 0 Å². The van der Waals surface area contributed by atoms with Gasteiger partial charge < -0.3 is 15.2 Å². The average Bonchev–Trinajstić information content (AvgIpc) is 2.65. The van der Waals surface area contributed by atoms with Crippen LogP contribution < -0.4 is 5.32 Å². The van der Waals surface area contributed by atoms with E-state index >= 15 is 0 Å². The largest absolute Gasteiger partial charge is 0.508 e. The number of esters is 1. The van der Waals surface area contributed by atoms with E-state index in [1.54, 1.807) is 6.92 Å². The Morgan fingerprint density at radius 1 is 1.14 bits per heavy atom. The Bertz CT molecular complexity index is 935. The fraction of sp³-hybridized carbons (Fsp3) is 0.250. The summed E-state index contributed by atoms with van der Waals surface area (Å²) in [6, 6.07) is 5.67. The van der Waals surface area contributed by atoms with Crippen molar-refractivity contribution >= 4 is 28.8 Å². The van der Waals surface area contributed by atoms with Crippen molar-refractivity contribution in [2.75, 3.05) is 12.4 Å². The lowest BCUT2D eigenvalue weighted by molar-refractivity contribution is -0.146. The van der Waals surface area contributed by atoms with Gasteiger partial charge in [-0.15, -0.1) is 0 Å². The summed E-state index contributed by atoms with van der Waals surface area (Å²) in [5.74, 6) is -3.13. The topological polar surface area (TPSA) is 92.7 Å². The lowest BCUT2D eigenvalue weighted by atomic mass is 9.99. The van der Waals surface area contributed by atoms with Crippen molar-refractivity contribution in [2.45, 2.75) is 19.9 Å². The number of phenols is 1. The zero-order chi connectivity index (χ0) is 21.6. The van der Waals surface area contributed by atoms with Crippen LogP contribution in [0.4, 0.5) is 8.78 Å². The van der Waals surface area contributed by atoms with Crippen LogP contribution in [0.3, 0.4) is 0 Å². The molecule has 2 N–H and O–H groups in total. The lowest BCUT2D eigenvalue weighted by Crippen LogP contribution is -2.42. The Hall–Kier alpha value is -2.94.